The third-order valence-corrected chi connectivity index (χ3v) is 4.27. The van der Waals surface area contributed by atoms with Crippen molar-refractivity contribution >= 4 is 34.2 Å². The standard InChI is InChI=1S/C19H20ClN3O3/c1-11(2)17(26-14-6-4-5-12(20)9-14)19(24)23-16-10-13(25-3)7-8-15(16)18(21)22-23/h4-11,17H,1-3H3,(H2,21,22). The third-order valence-electron chi connectivity index (χ3n) is 4.03. The predicted octanol–water partition coefficient (Wildman–Crippen LogP) is 4.02. The van der Waals surface area contributed by atoms with Gasteiger partial charge in [0.05, 0.1) is 12.6 Å². The van der Waals surface area contributed by atoms with E-state index in [1.165, 1.54) is 4.68 Å². The molecule has 26 heavy (non-hydrogen) atoms. The lowest BCUT2D eigenvalue weighted by atomic mass is 10.1. The number of methoxy groups -OCH3 is 1. The van der Waals surface area contributed by atoms with Crippen molar-refractivity contribution in [2.24, 2.45) is 5.92 Å². The second-order valence-corrected chi connectivity index (χ2v) is 6.69. The van der Waals surface area contributed by atoms with E-state index in [1.54, 1.807) is 49.6 Å². The van der Waals surface area contributed by atoms with Gasteiger partial charge in [-0.2, -0.15) is 4.68 Å². The summed E-state index contributed by atoms with van der Waals surface area (Å²) in [5.41, 5.74) is 6.55. The summed E-state index contributed by atoms with van der Waals surface area (Å²) in [6, 6.07) is 12.2. The van der Waals surface area contributed by atoms with E-state index in [2.05, 4.69) is 5.10 Å². The Hall–Kier alpha value is -2.73. The van der Waals surface area contributed by atoms with Crippen molar-refractivity contribution in [2.45, 2.75) is 20.0 Å². The molecule has 6 nitrogen and oxygen atoms in total. The summed E-state index contributed by atoms with van der Waals surface area (Å²) in [6.07, 6.45) is -0.748. The van der Waals surface area contributed by atoms with Crippen LogP contribution in [0, 0.1) is 5.92 Å². The van der Waals surface area contributed by atoms with Gasteiger partial charge >= 0.3 is 0 Å². The zero-order valence-electron chi connectivity index (χ0n) is 14.8. The number of carbonyl (C=O) groups excluding carboxylic acids is 1. The van der Waals surface area contributed by atoms with E-state index in [9.17, 15) is 4.79 Å². The molecule has 0 aliphatic rings. The van der Waals surface area contributed by atoms with Gasteiger partial charge in [-0.25, -0.2) is 0 Å². The molecule has 1 aromatic heterocycles. The lowest BCUT2D eigenvalue weighted by Gasteiger charge is -2.21. The first-order chi connectivity index (χ1) is 12.4. The Morgan fingerprint density at radius 1 is 1.19 bits per heavy atom. The number of hydrogen-bond acceptors (Lipinski definition) is 5. The highest BCUT2D eigenvalue weighted by Gasteiger charge is 2.28. The fourth-order valence-corrected chi connectivity index (χ4v) is 2.87. The van der Waals surface area contributed by atoms with Crippen LogP contribution < -0.4 is 15.2 Å². The molecular formula is C19H20ClN3O3. The quantitative estimate of drug-likeness (QED) is 0.730. The predicted molar refractivity (Wildman–Crippen MR) is 102 cm³/mol. The molecule has 2 N–H and O–H groups in total. The largest absolute Gasteiger partial charge is 0.497 e. The van der Waals surface area contributed by atoms with Gasteiger partial charge in [-0.15, -0.1) is 5.10 Å². The number of rotatable bonds is 5. The molecule has 0 aliphatic heterocycles. The highest BCUT2D eigenvalue weighted by atomic mass is 35.5. The number of nitrogens with zero attached hydrogens (tertiary/aromatic N) is 2. The number of nitrogen functional groups attached to an aromatic ring is 1. The number of nitrogens with two attached hydrogens (primary N) is 1. The lowest BCUT2D eigenvalue weighted by Crippen LogP contribution is -2.37. The molecule has 0 spiro atoms. The summed E-state index contributed by atoms with van der Waals surface area (Å²) in [5.74, 6) is 1.01. The van der Waals surface area contributed by atoms with E-state index in [-0.39, 0.29) is 17.6 Å². The second kappa shape index (κ2) is 7.25. The second-order valence-electron chi connectivity index (χ2n) is 6.26. The van der Waals surface area contributed by atoms with E-state index in [0.29, 0.717) is 27.4 Å². The molecule has 3 rings (SSSR count). The van der Waals surface area contributed by atoms with E-state index < -0.39 is 6.10 Å². The van der Waals surface area contributed by atoms with Gasteiger partial charge in [-0.1, -0.05) is 31.5 Å². The molecular weight excluding hydrogens is 354 g/mol. The first-order valence-electron chi connectivity index (χ1n) is 8.19. The maximum atomic E-state index is 13.1. The summed E-state index contributed by atoms with van der Waals surface area (Å²) in [7, 11) is 1.56. The maximum absolute atomic E-state index is 13.1. The molecule has 0 saturated carbocycles. The van der Waals surface area contributed by atoms with Crippen LogP contribution in [0.4, 0.5) is 5.82 Å². The minimum Gasteiger partial charge on any atom is -0.497 e. The van der Waals surface area contributed by atoms with Crippen LogP contribution in [0.1, 0.15) is 18.6 Å². The minimum absolute atomic E-state index is 0.0902. The lowest BCUT2D eigenvalue weighted by molar-refractivity contribution is 0.0608. The number of halogens is 1. The van der Waals surface area contributed by atoms with Gasteiger partial charge in [-0.05, 0) is 36.2 Å². The monoisotopic (exact) mass is 373 g/mol. The van der Waals surface area contributed by atoms with Gasteiger partial charge in [0, 0.05) is 16.5 Å². The molecule has 0 saturated heterocycles. The van der Waals surface area contributed by atoms with Crippen molar-refractivity contribution in [1.29, 1.82) is 0 Å². The molecule has 1 unspecified atom stereocenters. The first-order valence-corrected chi connectivity index (χ1v) is 8.57. The molecule has 3 aromatic rings. The SMILES string of the molecule is COc1ccc2c(N)nn(C(=O)C(Oc3cccc(Cl)c3)C(C)C)c2c1. The topological polar surface area (TPSA) is 79.4 Å². The Balaban J connectivity index is 2.01. The van der Waals surface area contributed by atoms with Crippen molar-refractivity contribution in [3.8, 4) is 11.5 Å². The van der Waals surface area contributed by atoms with Crippen molar-refractivity contribution in [3.05, 3.63) is 47.5 Å². The van der Waals surface area contributed by atoms with Crippen molar-refractivity contribution < 1.29 is 14.3 Å². The summed E-state index contributed by atoms with van der Waals surface area (Å²) in [5, 5.41) is 5.43. The molecule has 1 atom stereocenters. The van der Waals surface area contributed by atoms with E-state index >= 15 is 0 Å². The number of benzene rings is 2. The maximum Gasteiger partial charge on any atom is 0.288 e. The normalized spacial score (nSPS) is 12.3. The van der Waals surface area contributed by atoms with Crippen LogP contribution in [0.2, 0.25) is 5.02 Å². The van der Waals surface area contributed by atoms with Gasteiger partial charge in [0.2, 0.25) is 0 Å². The van der Waals surface area contributed by atoms with Crippen molar-refractivity contribution in [2.75, 3.05) is 12.8 Å². The van der Waals surface area contributed by atoms with Crippen LogP contribution in [-0.2, 0) is 0 Å². The van der Waals surface area contributed by atoms with Crippen LogP contribution >= 0.6 is 11.6 Å². The fraction of sp³-hybridized carbons (Fsp3) is 0.263. The van der Waals surface area contributed by atoms with Gasteiger partial charge < -0.3 is 15.2 Å². The Labute approximate surface area is 156 Å². The molecule has 1 heterocycles. The molecule has 7 heteroatoms. The van der Waals surface area contributed by atoms with Gasteiger partial charge in [-0.3, -0.25) is 4.79 Å². The van der Waals surface area contributed by atoms with Crippen LogP contribution in [0.25, 0.3) is 10.9 Å². The summed E-state index contributed by atoms with van der Waals surface area (Å²) >= 11 is 6.01. The van der Waals surface area contributed by atoms with Gasteiger partial charge in [0.1, 0.15) is 11.5 Å². The Morgan fingerprint density at radius 2 is 1.96 bits per heavy atom. The summed E-state index contributed by atoms with van der Waals surface area (Å²) < 4.78 is 12.4. The molecule has 0 amide bonds. The molecule has 0 radical (unpaired) electrons. The molecule has 0 fully saturated rings. The van der Waals surface area contributed by atoms with Crippen LogP contribution in [0.5, 0.6) is 11.5 Å². The fourth-order valence-electron chi connectivity index (χ4n) is 2.69. The zero-order valence-corrected chi connectivity index (χ0v) is 15.5. The highest BCUT2D eigenvalue weighted by Crippen LogP contribution is 2.27. The Bertz CT molecular complexity index is 952. The average Bonchev–Trinajstić information content (AvgIpc) is 2.95. The number of ether oxygens (including phenoxy) is 2. The number of anilines is 1. The van der Waals surface area contributed by atoms with Crippen LogP contribution in [0.15, 0.2) is 42.5 Å². The van der Waals surface area contributed by atoms with Crippen LogP contribution in [0.3, 0.4) is 0 Å². The van der Waals surface area contributed by atoms with Gasteiger partial charge in [0.15, 0.2) is 11.9 Å². The third kappa shape index (κ3) is 3.46. The Kier molecular flexibility index (Phi) is 5.04. The first kappa shape index (κ1) is 18.1. The smallest absolute Gasteiger partial charge is 0.288 e. The number of hydrogen-bond donors (Lipinski definition) is 1. The molecule has 0 bridgehead atoms. The summed E-state index contributed by atoms with van der Waals surface area (Å²) in [4.78, 5) is 13.1. The Morgan fingerprint density at radius 3 is 2.62 bits per heavy atom. The van der Waals surface area contributed by atoms with Crippen LogP contribution in [-0.4, -0.2) is 28.9 Å². The molecule has 0 aliphatic carbocycles. The van der Waals surface area contributed by atoms with E-state index in [1.807, 2.05) is 13.8 Å². The molecule has 2 aromatic carbocycles. The van der Waals surface area contributed by atoms with Crippen molar-refractivity contribution in [1.82, 2.24) is 9.78 Å². The van der Waals surface area contributed by atoms with Crippen molar-refractivity contribution in [3.63, 3.8) is 0 Å². The number of fused-ring (bicyclic) bond motifs is 1. The van der Waals surface area contributed by atoms with E-state index in [0.717, 1.165) is 0 Å². The minimum atomic E-state index is -0.748. The van der Waals surface area contributed by atoms with E-state index in [4.69, 9.17) is 26.8 Å². The molecule has 136 valence electrons. The average molecular weight is 374 g/mol. The number of carbonyl (C=O) groups is 1. The zero-order chi connectivity index (χ0) is 18.8. The van der Waals surface area contributed by atoms with Gasteiger partial charge in [0.25, 0.3) is 5.91 Å². The highest BCUT2D eigenvalue weighted by molar-refractivity contribution is 6.30. The summed E-state index contributed by atoms with van der Waals surface area (Å²) in [6.45, 7) is 3.81. The number of aromatic nitrogens is 2.